The molecule has 1 rings (SSSR count). The zero-order chi connectivity index (χ0) is 12.3. The molecule has 1 heterocycles. The first-order valence-corrected chi connectivity index (χ1v) is 4.84. The molecular formula is C8H18N4O4. The summed E-state index contributed by atoms with van der Waals surface area (Å²) in [5.74, 6) is -0.215. The molecule has 0 aromatic rings. The molecule has 0 bridgehead atoms. The smallest absolute Gasteiger partial charge is 0.186 e. The third kappa shape index (κ3) is 2.60. The molecule has 0 saturated carbocycles. The molecule has 0 aliphatic carbocycles. The molecule has 8 heteroatoms. The average molecular weight is 234 g/mol. The Bertz CT molecular complexity index is 256. The highest BCUT2D eigenvalue weighted by Crippen LogP contribution is 2.23. The maximum Gasteiger partial charge on any atom is 0.186 e. The molecule has 5 atom stereocenters. The Morgan fingerprint density at radius 2 is 2.00 bits per heavy atom. The summed E-state index contributed by atoms with van der Waals surface area (Å²) in [6.45, 7) is 0.0621. The highest BCUT2D eigenvalue weighted by Gasteiger charge is 2.44. The largest absolute Gasteiger partial charge is 0.388 e. The van der Waals surface area contributed by atoms with Crippen LogP contribution in [0, 0.1) is 0 Å². The maximum absolute atomic E-state index is 9.81. The standard InChI is InChI=1S/C8H18N4O4/c1-15-7-4(12-8(10)11)6(14)5(13)3(2-9)16-7/h3-7,13-14H,2,9H2,1H3,(H4,10,11,12)/t3-,4-,5+,6-,7?/m1/s1. The van der Waals surface area contributed by atoms with E-state index in [1.165, 1.54) is 7.11 Å². The number of aliphatic hydroxyl groups excluding tert-OH is 2. The molecule has 0 amide bonds. The number of rotatable bonds is 3. The Morgan fingerprint density at radius 3 is 2.44 bits per heavy atom. The van der Waals surface area contributed by atoms with Gasteiger partial charge in [-0.2, -0.15) is 0 Å². The van der Waals surface area contributed by atoms with Crippen molar-refractivity contribution in [2.24, 2.45) is 22.2 Å². The minimum absolute atomic E-state index is 0.0621. The molecule has 1 aliphatic rings. The van der Waals surface area contributed by atoms with Gasteiger partial charge in [0.2, 0.25) is 0 Å². The minimum Gasteiger partial charge on any atom is -0.388 e. The molecule has 1 fully saturated rings. The fraction of sp³-hybridized carbons (Fsp3) is 0.875. The van der Waals surface area contributed by atoms with E-state index in [-0.39, 0.29) is 12.5 Å². The summed E-state index contributed by atoms with van der Waals surface area (Å²) in [4.78, 5) is 3.76. The van der Waals surface area contributed by atoms with Crippen molar-refractivity contribution < 1.29 is 19.7 Å². The van der Waals surface area contributed by atoms with E-state index in [0.717, 1.165) is 0 Å². The zero-order valence-corrected chi connectivity index (χ0v) is 8.98. The first kappa shape index (κ1) is 13.1. The molecule has 8 N–H and O–H groups in total. The number of hydrogen-bond acceptors (Lipinski definition) is 6. The Hall–Kier alpha value is -0.930. The van der Waals surface area contributed by atoms with Crippen LogP contribution in [-0.2, 0) is 9.47 Å². The first-order valence-electron chi connectivity index (χ1n) is 4.84. The fourth-order valence-corrected chi connectivity index (χ4v) is 1.62. The summed E-state index contributed by atoms with van der Waals surface area (Å²) in [7, 11) is 1.39. The van der Waals surface area contributed by atoms with Gasteiger partial charge in [-0.25, -0.2) is 4.99 Å². The number of nitrogens with two attached hydrogens (primary N) is 3. The summed E-state index contributed by atoms with van der Waals surface area (Å²) in [5, 5.41) is 19.5. The summed E-state index contributed by atoms with van der Waals surface area (Å²) < 4.78 is 10.3. The number of aliphatic imine (C=N–C) groups is 1. The molecule has 0 aromatic carbocycles. The van der Waals surface area contributed by atoms with Gasteiger partial charge in [0.1, 0.15) is 24.4 Å². The molecule has 1 aliphatic heterocycles. The van der Waals surface area contributed by atoms with Crippen LogP contribution in [0.3, 0.4) is 0 Å². The van der Waals surface area contributed by atoms with E-state index in [1.807, 2.05) is 0 Å². The van der Waals surface area contributed by atoms with Gasteiger partial charge >= 0.3 is 0 Å². The molecule has 16 heavy (non-hydrogen) atoms. The van der Waals surface area contributed by atoms with Crippen LogP contribution in [0.5, 0.6) is 0 Å². The predicted octanol–water partition coefficient (Wildman–Crippen LogP) is -3.32. The van der Waals surface area contributed by atoms with Crippen LogP contribution >= 0.6 is 0 Å². The highest BCUT2D eigenvalue weighted by atomic mass is 16.7. The van der Waals surface area contributed by atoms with Crippen molar-refractivity contribution in [1.29, 1.82) is 0 Å². The lowest BCUT2D eigenvalue weighted by atomic mass is 9.97. The topological polar surface area (TPSA) is 149 Å². The van der Waals surface area contributed by atoms with Crippen LogP contribution in [0.25, 0.3) is 0 Å². The zero-order valence-electron chi connectivity index (χ0n) is 8.98. The van der Waals surface area contributed by atoms with Gasteiger partial charge in [0.15, 0.2) is 12.2 Å². The molecule has 0 aromatic heterocycles. The van der Waals surface area contributed by atoms with Gasteiger partial charge in [-0.1, -0.05) is 0 Å². The number of methoxy groups -OCH3 is 1. The predicted molar refractivity (Wildman–Crippen MR) is 56.3 cm³/mol. The number of aliphatic hydroxyl groups is 2. The van der Waals surface area contributed by atoms with Crippen molar-refractivity contribution in [3.8, 4) is 0 Å². The van der Waals surface area contributed by atoms with Crippen molar-refractivity contribution in [2.45, 2.75) is 30.6 Å². The SMILES string of the molecule is COC1O[C@H](CN)[C@H](O)[C@H](O)[C@H]1N=C(N)N. The average Bonchev–Trinajstić information content (AvgIpc) is 2.25. The number of hydrogen-bond donors (Lipinski definition) is 5. The van der Waals surface area contributed by atoms with E-state index in [9.17, 15) is 10.2 Å². The maximum atomic E-state index is 9.81. The second kappa shape index (κ2) is 5.41. The number of ether oxygens (including phenoxy) is 2. The third-order valence-electron chi connectivity index (χ3n) is 2.43. The van der Waals surface area contributed by atoms with E-state index in [1.54, 1.807) is 0 Å². The van der Waals surface area contributed by atoms with E-state index >= 15 is 0 Å². The van der Waals surface area contributed by atoms with Gasteiger partial charge < -0.3 is 36.9 Å². The summed E-state index contributed by atoms with van der Waals surface area (Å²) in [5.41, 5.74) is 15.8. The lowest BCUT2D eigenvalue weighted by Gasteiger charge is -2.39. The van der Waals surface area contributed by atoms with Gasteiger partial charge in [-0.3, -0.25) is 0 Å². The van der Waals surface area contributed by atoms with E-state index in [4.69, 9.17) is 26.7 Å². The van der Waals surface area contributed by atoms with E-state index in [0.29, 0.717) is 0 Å². The summed E-state index contributed by atoms with van der Waals surface area (Å²) >= 11 is 0. The molecule has 8 nitrogen and oxygen atoms in total. The lowest BCUT2D eigenvalue weighted by molar-refractivity contribution is -0.248. The highest BCUT2D eigenvalue weighted by molar-refractivity contribution is 5.76. The monoisotopic (exact) mass is 234 g/mol. The summed E-state index contributed by atoms with van der Waals surface area (Å²) in [6, 6.07) is -0.868. The van der Waals surface area contributed by atoms with Gasteiger partial charge in [-0.05, 0) is 0 Å². The Balaban J connectivity index is 2.86. The number of nitrogens with zero attached hydrogens (tertiary/aromatic N) is 1. The van der Waals surface area contributed by atoms with Crippen LogP contribution in [0.15, 0.2) is 4.99 Å². The Kier molecular flexibility index (Phi) is 4.44. The van der Waals surface area contributed by atoms with Crippen molar-refractivity contribution in [1.82, 2.24) is 0 Å². The molecule has 1 unspecified atom stereocenters. The van der Waals surface area contributed by atoms with Gasteiger partial charge in [0.25, 0.3) is 0 Å². The van der Waals surface area contributed by atoms with Crippen molar-refractivity contribution in [3.63, 3.8) is 0 Å². The quantitative estimate of drug-likeness (QED) is 0.253. The minimum atomic E-state index is -1.19. The van der Waals surface area contributed by atoms with Crippen molar-refractivity contribution in [2.75, 3.05) is 13.7 Å². The first-order chi connectivity index (χ1) is 7.51. The van der Waals surface area contributed by atoms with Crippen molar-refractivity contribution in [3.05, 3.63) is 0 Å². The fourth-order valence-electron chi connectivity index (χ4n) is 1.62. The van der Waals surface area contributed by atoms with E-state index in [2.05, 4.69) is 4.99 Å². The van der Waals surface area contributed by atoms with Gasteiger partial charge in [0, 0.05) is 13.7 Å². The van der Waals surface area contributed by atoms with Crippen LogP contribution < -0.4 is 17.2 Å². The molecule has 94 valence electrons. The molecule has 0 spiro atoms. The van der Waals surface area contributed by atoms with Crippen LogP contribution in [0.1, 0.15) is 0 Å². The molecule has 0 radical (unpaired) electrons. The second-order valence-electron chi connectivity index (χ2n) is 3.54. The van der Waals surface area contributed by atoms with Crippen molar-refractivity contribution >= 4 is 5.96 Å². The van der Waals surface area contributed by atoms with E-state index < -0.39 is 30.6 Å². The Morgan fingerprint density at radius 1 is 1.38 bits per heavy atom. The Labute approximate surface area is 93.0 Å². The van der Waals surface area contributed by atoms with Gasteiger partial charge in [0.05, 0.1) is 0 Å². The molecule has 1 saturated heterocycles. The van der Waals surface area contributed by atoms with Gasteiger partial charge in [-0.15, -0.1) is 0 Å². The third-order valence-corrected chi connectivity index (χ3v) is 2.43. The lowest BCUT2D eigenvalue weighted by Crippen LogP contribution is -2.59. The second-order valence-corrected chi connectivity index (χ2v) is 3.54. The van der Waals surface area contributed by atoms with Crippen LogP contribution in [-0.4, -0.2) is 60.5 Å². The van der Waals surface area contributed by atoms with Crippen LogP contribution in [0.4, 0.5) is 0 Å². The summed E-state index contributed by atoms with van der Waals surface area (Å²) in [6.07, 6.45) is -3.88. The molecular weight excluding hydrogens is 216 g/mol. The normalized spacial score (nSPS) is 39.4. The number of guanidine groups is 1. The van der Waals surface area contributed by atoms with Crippen LogP contribution in [0.2, 0.25) is 0 Å².